The van der Waals surface area contributed by atoms with Crippen LogP contribution in [0.1, 0.15) is 18.4 Å². The molecule has 5 heteroatoms. The van der Waals surface area contributed by atoms with Crippen LogP contribution in [0.25, 0.3) is 0 Å². The molecule has 1 N–H and O–H groups in total. The van der Waals surface area contributed by atoms with Crippen LogP contribution in [-0.2, 0) is 11.3 Å². The first-order valence-corrected chi connectivity index (χ1v) is 8.24. The summed E-state index contributed by atoms with van der Waals surface area (Å²) in [5, 5.41) is 2.90. The standard InChI is InChI=1S/C18H20BrNO3/c1-22-17-5-2-4-14(12-17)13-20-18(21)6-3-11-23-16-9-7-15(19)8-10-16/h2,4-5,7-10,12H,3,6,11,13H2,1H3,(H,20,21). The number of ether oxygens (including phenoxy) is 2. The average molecular weight is 378 g/mol. The lowest BCUT2D eigenvalue weighted by molar-refractivity contribution is -0.121. The zero-order valence-electron chi connectivity index (χ0n) is 13.0. The Kier molecular flexibility index (Phi) is 6.94. The van der Waals surface area contributed by atoms with Crippen molar-refractivity contribution in [3.8, 4) is 11.5 Å². The zero-order chi connectivity index (χ0) is 16.5. The summed E-state index contributed by atoms with van der Waals surface area (Å²) in [5.41, 5.74) is 1.02. The monoisotopic (exact) mass is 377 g/mol. The number of hydrogen-bond acceptors (Lipinski definition) is 3. The highest BCUT2D eigenvalue weighted by molar-refractivity contribution is 9.10. The topological polar surface area (TPSA) is 47.6 Å². The molecule has 2 aromatic carbocycles. The molecule has 4 nitrogen and oxygen atoms in total. The summed E-state index contributed by atoms with van der Waals surface area (Å²) in [6.45, 7) is 1.03. The largest absolute Gasteiger partial charge is 0.497 e. The second-order valence-electron chi connectivity index (χ2n) is 5.03. The van der Waals surface area contributed by atoms with Crippen molar-refractivity contribution in [1.29, 1.82) is 0 Å². The first-order chi connectivity index (χ1) is 11.2. The lowest BCUT2D eigenvalue weighted by Crippen LogP contribution is -2.22. The molecule has 23 heavy (non-hydrogen) atoms. The third kappa shape index (κ3) is 6.32. The molecule has 2 rings (SSSR count). The molecule has 0 bridgehead atoms. The van der Waals surface area contributed by atoms with Gasteiger partial charge in [0.1, 0.15) is 11.5 Å². The summed E-state index contributed by atoms with van der Waals surface area (Å²) >= 11 is 3.38. The van der Waals surface area contributed by atoms with Crippen molar-refractivity contribution < 1.29 is 14.3 Å². The van der Waals surface area contributed by atoms with E-state index in [1.165, 1.54) is 0 Å². The van der Waals surface area contributed by atoms with E-state index in [1.807, 2.05) is 48.5 Å². The van der Waals surface area contributed by atoms with E-state index in [9.17, 15) is 4.79 Å². The molecule has 0 aromatic heterocycles. The van der Waals surface area contributed by atoms with E-state index in [2.05, 4.69) is 21.2 Å². The molecular weight excluding hydrogens is 358 g/mol. The van der Waals surface area contributed by atoms with Gasteiger partial charge in [0.25, 0.3) is 0 Å². The number of nitrogens with one attached hydrogen (secondary N) is 1. The predicted molar refractivity (Wildman–Crippen MR) is 93.7 cm³/mol. The van der Waals surface area contributed by atoms with E-state index >= 15 is 0 Å². The van der Waals surface area contributed by atoms with E-state index in [0.29, 0.717) is 26.0 Å². The SMILES string of the molecule is COc1cccc(CNC(=O)CCCOc2ccc(Br)cc2)c1. The van der Waals surface area contributed by atoms with Crippen LogP contribution >= 0.6 is 15.9 Å². The maximum absolute atomic E-state index is 11.8. The molecule has 122 valence electrons. The quantitative estimate of drug-likeness (QED) is 0.708. The van der Waals surface area contributed by atoms with Gasteiger partial charge in [-0.25, -0.2) is 0 Å². The van der Waals surface area contributed by atoms with Gasteiger partial charge >= 0.3 is 0 Å². The van der Waals surface area contributed by atoms with E-state index in [1.54, 1.807) is 7.11 Å². The molecule has 0 heterocycles. The number of carbonyl (C=O) groups is 1. The molecule has 0 aliphatic carbocycles. The Hall–Kier alpha value is -2.01. The van der Waals surface area contributed by atoms with Gasteiger partial charge in [-0.3, -0.25) is 4.79 Å². The average Bonchev–Trinajstić information content (AvgIpc) is 2.58. The first-order valence-electron chi connectivity index (χ1n) is 7.45. The van der Waals surface area contributed by atoms with Gasteiger partial charge in [-0.1, -0.05) is 28.1 Å². The van der Waals surface area contributed by atoms with Crippen LogP contribution in [0, 0.1) is 0 Å². The number of benzene rings is 2. The molecule has 0 saturated carbocycles. The molecule has 0 atom stereocenters. The maximum Gasteiger partial charge on any atom is 0.220 e. The lowest BCUT2D eigenvalue weighted by Gasteiger charge is -2.08. The first kappa shape index (κ1) is 17.3. The molecule has 2 aromatic rings. The van der Waals surface area contributed by atoms with Crippen molar-refractivity contribution in [2.75, 3.05) is 13.7 Å². The van der Waals surface area contributed by atoms with E-state index in [0.717, 1.165) is 21.5 Å². The van der Waals surface area contributed by atoms with Crippen molar-refractivity contribution in [1.82, 2.24) is 5.32 Å². The van der Waals surface area contributed by atoms with Gasteiger partial charge in [0.15, 0.2) is 0 Å². The number of hydrogen-bond donors (Lipinski definition) is 1. The van der Waals surface area contributed by atoms with Gasteiger partial charge < -0.3 is 14.8 Å². The summed E-state index contributed by atoms with van der Waals surface area (Å²) in [7, 11) is 1.63. The Balaban J connectivity index is 1.64. The van der Waals surface area contributed by atoms with Gasteiger partial charge in [0, 0.05) is 17.4 Å². The summed E-state index contributed by atoms with van der Waals surface area (Å²) in [4.78, 5) is 11.8. The van der Waals surface area contributed by atoms with Crippen molar-refractivity contribution >= 4 is 21.8 Å². The van der Waals surface area contributed by atoms with E-state index in [-0.39, 0.29) is 5.91 Å². The molecule has 0 aliphatic heterocycles. The minimum absolute atomic E-state index is 0.0206. The highest BCUT2D eigenvalue weighted by Crippen LogP contribution is 2.16. The zero-order valence-corrected chi connectivity index (χ0v) is 14.6. The van der Waals surface area contributed by atoms with Gasteiger partial charge in [0.2, 0.25) is 5.91 Å². The number of methoxy groups -OCH3 is 1. The Bertz CT molecular complexity index is 628. The summed E-state index contributed by atoms with van der Waals surface area (Å²) in [5.74, 6) is 1.62. The fourth-order valence-corrected chi connectivity index (χ4v) is 2.29. The molecule has 0 radical (unpaired) electrons. The number of amides is 1. The summed E-state index contributed by atoms with van der Waals surface area (Å²) in [6.07, 6.45) is 1.13. The maximum atomic E-state index is 11.8. The van der Waals surface area contributed by atoms with Crippen molar-refractivity contribution in [3.05, 3.63) is 58.6 Å². The Morgan fingerprint density at radius 2 is 1.91 bits per heavy atom. The third-order valence-corrected chi connectivity index (χ3v) is 3.78. The van der Waals surface area contributed by atoms with Gasteiger partial charge in [-0.15, -0.1) is 0 Å². The molecule has 0 aliphatic rings. The summed E-state index contributed by atoms with van der Waals surface area (Å²) < 4.78 is 11.8. The highest BCUT2D eigenvalue weighted by atomic mass is 79.9. The van der Waals surface area contributed by atoms with Crippen LogP contribution in [0.2, 0.25) is 0 Å². The molecule has 0 unspecified atom stereocenters. The molecule has 0 saturated heterocycles. The minimum Gasteiger partial charge on any atom is -0.497 e. The van der Waals surface area contributed by atoms with Gasteiger partial charge in [-0.05, 0) is 48.4 Å². The lowest BCUT2D eigenvalue weighted by atomic mass is 10.2. The third-order valence-electron chi connectivity index (χ3n) is 3.25. The predicted octanol–water partition coefficient (Wildman–Crippen LogP) is 3.93. The van der Waals surface area contributed by atoms with E-state index in [4.69, 9.17) is 9.47 Å². The normalized spacial score (nSPS) is 10.2. The second-order valence-corrected chi connectivity index (χ2v) is 5.95. The van der Waals surface area contributed by atoms with E-state index < -0.39 is 0 Å². The fourth-order valence-electron chi connectivity index (χ4n) is 2.03. The van der Waals surface area contributed by atoms with Crippen molar-refractivity contribution in [2.45, 2.75) is 19.4 Å². The van der Waals surface area contributed by atoms with Crippen LogP contribution in [0.4, 0.5) is 0 Å². The van der Waals surface area contributed by atoms with Crippen LogP contribution in [0.15, 0.2) is 53.0 Å². The summed E-state index contributed by atoms with van der Waals surface area (Å²) in [6, 6.07) is 15.3. The molecular formula is C18H20BrNO3. The number of halogens is 1. The Labute approximate surface area is 144 Å². The van der Waals surface area contributed by atoms with Crippen molar-refractivity contribution in [2.24, 2.45) is 0 Å². The van der Waals surface area contributed by atoms with Crippen LogP contribution < -0.4 is 14.8 Å². The van der Waals surface area contributed by atoms with Crippen molar-refractivity contribution in [3.63, 3.8) is 0 Å². The Morgan fingerprint density at radius 1 is 1.13 bits per heavy atom. The fraction of sp³-hybridized carbons (Fsp3) is 0.278. The van der Waals surface area contributed by atoms with Gasteiger partial charge in [-0.2, -0.15) is 0 Å². The number of carbonyl (C=O) groups excluding carboxylic acids is 1. The Morgan fingerprint density at radius 3 is 2.65 bits per heavy atom. The molecule has 1 amide bonds. The number of rotatable bonds is 8. The van der Waals surface area contributed by atoms with Gasteiger partial charge in [0.05, 0.1) is 13.7 Å². The highest BCUT2D eigenvalue weighted by Gasteiger charge is 2.03. The minimum atomic E-state index is 0.0206. The molecule has 0 fully saturated rings. The molecule has 0 spiro atoms. The smallest absolute Gasteiger partial charge is 0.220 e. The van der Waals surface area contributed by atoms with Crippen LogP contribution in [-0.4, -0.2) is 19.6 Å². The van der Waals surface area contributed by atoms with Crippen LogP contribution in [0.3, 0.4) is 0 Å². The second kappa shape index (κ2) is 9.20. The van der Waals surface area contributed by atoms with Crippen LogP contribution in [0.5, 0.6) is 11.5 Å².